The number of thiophene rings is 1. The Labute approximate surface area is 192 Å². The lowest BCUT2D eigenvalue weighted by atomic mass is 10.1. The Morgan fingerprint density at radius 2 is 1.24 bits per heavy atom. The minimum absolute atomic E-state index is 0.934. The van der Waals surface area contributed by atoms with Crippen LogP contribution in [0.15, 0.2) is 108 Å². The maximum absolute atomic E-state index is 6.54. The number of hydrogen-bond acceptors (Lipinski definition) is 2. The molecule has 0 atom stereocenters. The minimum atomic E-state index is 0.934. The van der Waals surface area contributed by atoms with Gasteiger partial charge in [0, 0.05) is 42.0 Å². The van der Waals surface area contributed by atoms with Crippen LogP contribution in [-0.4, -0.2) is 4.57 Å². The van der Waals surface area contributed by atoms with Gasteiger partial charge < -0.3 is 8.98 Å². The lowest BCUT2D eigenvalue weighted by Gasteiger charge is -2.07. The Hall–Kier alpha value is -4.08. The van der Waals surface area contributed by atoms with Crippen molar-refractivity contribution in [2.24, 2.45) is 0 Å². The van der Waals surface area contributed by atoms with Crippen LogP contribution in [0.3, 0.4) is 0 Å². The van der Waals surface area contributed by atoms with Crippen LogP contribution in [0.25, 0.3) is 69.6 Å². The smallest absolute Gasteiger partial charge is 0.145 e. The Morgan fingerprint density at radius 3 is 2.12 bits per heavy atom. The third-order valence-electron chi connectivity index (χ3n) is 6.80. The number of hydrogen-bond donors (Lipinski definition) is 0. The van der Waals surface area contributed by atoms with Crippen molar-refractivity contribution < 1.29 is 4.42 Å². The second kappa shape index (κ2) is 6.25. The van der Waals surface area contributed by atoms with Gasteiger partial charge in [0.15, 0.2) is 0 Å². The van der Waals surface area contributed by atoms with Crippen molar-refractivity contribution >= 4 is 75.3 Å². The zero-order chi connectivity index (χ0) is 21.5. The fourth-order valence-corrected chi connectivity index (χ4v) is 6.65. The molecule has 0 amide bonds. The van der Waals surface area contributed by atoms with E-state index in [0.717, 1.165) is 16.9 Å². The van der Waals surface area contributed by atoms with E-state index in [0.29, 0.717) is 0 Å². The lowest BCUT2D eigenvalue weighted by Crippen LogP contribution is -1.92. The lowest BCUT2D eigenvalue weighted by molar-refractivity contribution is 0.673. The van der Waals surface area contributed by atoms with E-state index in [1.165, 1.54) is 52.8 Å². The van der Waals surface area contributed by atoms with Gasteiger partial charge in [0.2, 0.25) is 0 Å². The van der Waals surface area contributed by atoms with Crippen LogP contribution in [0.2, 0.25) is 0 Å². The fraction of sp³-hybridized carbons (Fsp3) is 0. The van der Waals surface area contributed by atoms with E-state index in [4.69, 9.17) is 4.42 Å². The molecule has 0 radical (unpaired) electrons. The van der Waals surface area contributed by atoms with Crippen LogP contribution >= 0.6 is 11.3 Å². The molecular weight excluding hydrogens is 422 g/mol. The molecule has 0 N–H and O–H groups in total. The zero-order valence-corrected chi connectivity index (χ0v) is 18.4. The molecule has 0 unspecified atom stereocenters. The van der Waals surface area contributed by atoms with Gasteiger partial charge in [-0.05, 0) is 42.5 Å². The third kappa shape index (κ3) is 2.22. The molecule has 33 heavy (non-hydrogen) atoms. The van der Waals surface area contributed by atoms with Crippen molar-refractivity contribution in [1.29, 1.82) is 0 Å². The molecule has 0 bridgehead atoms. The summed E-state index contributed by atoms with van der Waals surface area (Å²) in [6.45, 7) is 0. The molecule has 0 spiro atoms. The Bertz CT molecular complexity index is 1890. The van der Waals surface area contributed by atoms with E-state index in [1.54, 1.807) is 0 Å². The van der Waals surface area contributed by atoms with Crippen LogP contribution in [0, 0.1) is 0 Å². The Morgan fingerprint density at radius 1 is 0.545 bits per heavy atom. The van der Waals surface area contributed by atoms with Gasteiger partial charge in [0.1, 0.15) is 11.2 Å². The van der Waals surface area contributed by atoms with Crippen molar-refractivity contribution in [1.82, 2.24) is 4.57 Å². The maximum Gasteiger partial charge on any atom is 0.145 e. The van der Waals surface area contributed by atoms with E-state index >= 15 is 0 Å². The number of nitrogens with zero attached hydrogens (tertiary/aromatic N) is 1. The van der Waals surface area contributed by atoms with Crippen LogP contribution in [-0.2, 0) is 0 Å². The quantitative estimate of drug-likeness (QED) is 0.249. The molecule has 3 heterocycles. The zero-order valence-electron chi connectivity index (χ0n) is 17.6. The van der Waals surface area contributed by atoms with Crippen molar-refractivity contribution in [3.63, 3.8) is 0 Å². The molecule has 0 saturated heterocycles. The number of aromatic nitrogens is 1. The molecule has 0 aliphatic heterocycles. The molecule has 154 valence electrons. The van der Waals surface area contributed by atoms with Gasteiger partial charge in [-0.2, -0.15) is 0 Å². The SMILES string of the molecule is c1ccc(-n2c3ccc4c5ccccc5oc4c3c3c4sc5ccccc5c4ccc32)cc1. The molecule has 0 aliphatic rings. The molecule has 2 nitrogen and oxygen atoms in total. The second-order valence-corrected chi connectivity index (χ2v) is 9.59. The van der Waals surface area contributed by atoms with Gasteiger partial charge in [-0.3, -0.25) is 0 Å². The Balaban J connectivity index is 1.69. The summed E-state index contributed by atoms with van der Waals surface area (Å²) in [6, 6.07) is 36.7. The van der Waals surface area contributed by atoms with Crippen molar-refractivity contribution in [3.8, 4) is 5.69 Å². The van der Waals surface area contributed by atoms with Crippen molar-refractivity contribution in [2.75, 3.05) is 0 Å². The van der Waals surface area contributed by atoms with Gasteiger partial charge in [-0.15, -0.1) is 11.3 Å². The second-order valence-electron chi connectivity index (χ2n) is 8.54. The summed E-state index contributed by atoms with van der Waals surface area (Å²) in [6.07, 6.45) is 0. The van der Waals surface area contributed by atoms with Gasteiger partial charge in [-0.25, -0.2) is 0 Å². The molecule has 8 aromatic rings. The average molecular weight is 440 g/mol. The largest absolute Gasteiger partial charge is 0.455 e. The monoisotopic (exact) mass is 439 g/mol. The van der Waals surface area contributed by atoms with Crippen LogP contribution in [0.5, 0.6) is 0 Å². The first-order valence-electron chi connectivity index (χ1n) is 11.1. The first kappa shape index (κ1) is 17.5. The predicted molar refractivity (Wildman–Crippen MR) is 141 cm³/mol. The molecule has 3 heteroatoms. The molecule has 8 rings (SSSR count). The molecule has 5 aromatic carbocycles. The van der Waals surface area contributed by atoms with Gasteiger partial charge in [-0.1, -0.05) is 60.7 Å². The van der Waals surface area contributed by atoms with E-state index in [-0.39, 0.29) is 0 Å². The number of furan rings is 1. The van der Waals surface area contributed by atoms with E-state index in [2.05, 4.69) is 102 Å². The topological polar surface area (TPSA) is 18.1 Å². The molecule has 0 aliphatic carbocycles. The normalized spacial score (nSPS) is 12.2. The minimum Gasteiger partial charge on any atom is -0.455 e. The summed E-state index contributed by atoms with van der Waals surface area (Å²) >= 11 is 1.87. The van der Waals surface area contributed by atoms with E-state index < -0.39 is 0 Å². The number of rotatable bonds is 1. The highest BCUT2D eigenvalue weighted by molar-refractivity contribution is 7.26. The van der Waals surface area contributed by atoms with Gasteiger partial charge >= 0.3 is 0 Å². The number of fused-ring (bicyclic) bond motifs is 11. The highest BCUT2D eigenvalue weighted by atomic mass is 32.1. The fourth-order valence-electron chi connectivity index (χ4n) is 5.40. The highest BCUT2D eigenvalue weighted by Crippen LogP contribution is 2.46. The first-order chi connectivity index (χ1) is 16.4. The summed E-state index contributed by atoms with van der Waals surface area (Å²) in [5.41, 5.74) is 5.45. The van der Waals surface area contributed by atoms with Crippen LogP contribution in [0.1, 0.15) is 0 Å². The highest BCUT2D eigenvalue weighted by Gasteiger charge is 2.21. The van der Waals surface area contributed by atoms with Crippen LogP contribution in [0.4, 0.5) is 0 Å². The molecule has 0 saturated carbocycles. The van der Waals surface area contributed by atoms with Gasteiger partial charge in [0.25, 0.3) is 0 Å². The summed E-state index contributed by atoms with van der Waals surface area (Å²) in [7, 11) is 0. The summed E-state index contributed by atoms with van der Waals surface area (Å²) in [5.74, 6) is 0. The first-order valence-corrected chi connectivity index (χ1v) is 11.9. The summed E-state index contributed by atoms with van der Waals surface area (Å²) in [4.78, 5) is 0. The predicted octanol–water partition coefficient (Wildman–Crippen LogP) is 9.05. The van der Waals surface area contributed by atoms with E-state index in [9.17, 15) is 0 Å². The van der Waals surface area contributed by atoms with Crippen molar-refractivity contribution in [2.45, 2.75) is 0 Å². The Kier molecular flexibility index (Phi) is 3.31. The maximum atomic E-state index is 6.54. The molecule has 3 aromatic heterocycles. The van der Waals surface area contributed by atoms with Gasteiger partial charge in [0.05, 0.1) is 16.4 Å². The standard InChI is InChI=1S/C30H17NOS/c1-2-8-18(9-3-1)31-23-16-14-21-19-10-4-6-12-25(19)32-29(21)27(23)28-24(31)17-15-22-20-11-5-7-13-26(20)33-30(22)28/h1-17H. The molecule has 0 fully saturated rings. The third-order valence-corrected chi connectivity index (χ3v) is 8.00. The number of benzene rings is 5. The summed E-state index contributed by atoms with van der Waals surface area (Å²) < 4.78 is 11.6. The average Bonchev–Trinajstić information content (AvgIpc) is 3.53. The van der Waals surface area contributed by atoms with Crippen molar-refractivity contribution in [3.05, 3.63) is 103 Å². The van der Waals surface area contributed by atoms with E-state index in [1.807, 2.05) is 17.4 Å². The number of para-hydroxylation sites is 2. The summed E-state index contributed by atoms with van der Waals surface area (Å²) in [5, 5.41) is 7.43. The molecular formula is C30H17NOS. The van der Waals surface area contributed by atoms with Crippen LogP contribution < -0.4 is 0 Å².